The molecule has 2 atom stereocenters. The van der Waals surface area contributed by atoms with Crippen LogP contribution in [0.4, 0.5) is 19.0 Å². The largest absolute Gasteiger partial charge is 0.452 e. The van der Waals surface area contributed by atoms with Gasteiger partial charge in [-0.25, -0.2) is 4.68 Å². The Morgan fingerprint density at radius 1 is 1.48 bits per heavy atom. The smallest absolute Gasteiger partial charge is 0.410 e. The first-order chi connectivity index (χ1) is 12.7. The second kappa shape index (κ2) is 7.84. The Morgan fingerprint density at radius 2 is 2.22 bits per heavy atom. The van der Waals surface area contributed by atoms with E-state index in [0.29, 0.717) is 10.4 Å². The van der Waals surface area contributed by atoms with Crippen LogP contribution in [0.15, 0.2) is 25.7 Å². The standard InChI is InChI=1S/C15H15Br2F3N4O3/c1-26-5-4-21-14(25)12-11(17)13-22-7(8-2-3-10(16)27-8)6-9(15(18,19)20)24(13)23-12/h2-3,7,9,22H,4-6H2,1H3,(H,21,25). The van der Waals surface area contributed by atoms with Crippen LogP contribution in [0.3, 0.4) is 0 Å². The van der Waals surface area contributed by atoms with Gasteiger partial charge in [0.25, 0.3) is 5.91 Å². The fraction of sp³-hybridized carbons (Fsp3) is 0.467. The average molecular weight is 516 g/mol. The van der Waals surface area contributed by atoms with Gasteiger partial charge < -0.3 is 19.8 Å². The zero-order chi connectivity index (χ0) is 19.8. The summed E-state index contributed by atoms with van der Waals surface area (Å²) in [5, 5.41) is 9.42. The van der Waals surface area contributed by atoms with Crippen molar-refractivity contribution < 1.29 is 27.1 Å². The lowest BCUT2D eigenvalue weighted by molar-refractivity contribution is -0.174. The van der Waals surface area contributed by atoms with E-state index in [1.54, 1.807) is 12.1 Å². The van der Waals surface area contributed by atoms with Crippen molar-refractivity contribution in [3.05, 3.63) is 32.7 Å². The fourth-order valence-electron chi connectivity index (χ4n) is 2.79. The van der Waals surface area contributed by atoms with Crippen molar-refractivity contribution in [2.75, 3.05) is 25.6 Å². The second-order valence-electron chi connectivity index (χ2n) is 5.84. The number of anilines is 1. The van der Waals surface area contributed by atoms with Crippen molar-refractivity contribution in [3.8, 4) is 0 Å². The van der Waals surface area contributed by atoms with Gasteiger partial charge in [0.05, 0.1) is 17.1 Å². The molecule has 0 aliphatic carbocycles. The monoisotopic (exact) mass is 514 g/mol. The molecule has 0 saturated heterocycles. The maximum atomic E-state index is 13.6. The highest BCUT2D eigenvalue weighted by Gasteiger charge is 2.48. The molecule has 0 radical (unpaired) electrons. The normalized spacial score (nSPS) is 19.5. The summed E-state index contributed by atoms with van der Waals surface area (Å²) in [6, 6.07) is 0.565. The number of amides is 1. The van der Waals surface area contributed by atoms with Crippen LogP contribution in [0.2, 0.25) is 0 Å². The van der Waals surface area contributed by atoms with E-state index in [9.17, 15) is 18.0 Å². The van der Waals surface area contributed by atoms with Crippen LogP contribution >= 0.6 is 31.9 Å². The number of rotatable bonds is 5. The van der Waals surface area contributed by atoms with Crippen LogP contribution in [0, 0.1) is 0 Å². The Hall–Kier alpha value is -1.53. The molecule has 3 heterocycles. The van der Waals surface area contributed by atoms with Crippen LogP contribution in [0.25, 0.3) is 0 Å². The molecule has 27 heavy (non-hydrogen) atoms. The van der Waals surface area contributed by atoms with Crippen molar-refractivity contribution in [1.29, 1.82) is 0 Å². The van der Waals surface area contributed by atoms with Crippen molar-refractivity contribution in [2.24, 2.45) is 0 Å². The molecule has 0 spiro atoms. The van der Waals surface area contributed by atoms with E-state index in [0.717, 1.165) is 4.68 Å². The summed E-state index contributed by atoms with van der Waals surface area (Å²) in [5.41, 5.74) is -0.135. The molecule has 1 aliphatic rings. The lowest BCUT2D eigenvalue weighted by Crippen LogP contribution is -2.35. The first-order valence-electron chi connectivity index (χ1n) is 7.86. The van der Waals surface area contributed by atoms with Gasteiger partial charge in [0.2, 0.25) is 0 Å². The predicted molar refractivity (Wildman–Crippen MR) is 96.6 cm³/mol. The highest BCUT2D eigenvalue weighted by molar-refractivity contribution is 9.10. The van der Waals surface area contributed by atoms with Crippen LogP contribution in [-0.4, -0.2) is 42.1 Å². The Balaban J connectivity index is 1.95. The average Bonchev–Trinajstić information content (AvgIpc) is 3.17. The molecule has 0 fully saturated rings. The summed E-state index contributed by atoms with van der Waals surface area (Å²) in [5.74, 6) is -0.180. The number of ether oxygens (including phenoxy) is 1. The number of alkyl halides is 3. The molecule has 7 nitrogen and oxygen atoms in total. The van der Waals surface area contributed by atoms with Gasteiger partial charge in [0.15, 0.2) is 16.4 Å². The molecule has 0 aromatic carbocycles. The van der Waals surface area contributed by atoms with E-state index in [-0.39, 0.29) is 35.6 Å². The fourth-order valence-corrected chi connectivity index (χ4v) is 3.66. The van der Waals surface area contributed by atoms with Gasteiger partial charge in [-0.2, -0.15) is 18.3 Å². The number of methoxy groups -OCH3 is 1. The predicted octanol–water partition coefficient (Wildman–Crippen LogP) is 4.04. The minimum Gasteiger partial charge on any atom is -0.452 e. The van der Waals surface area contributed by atoms with Gasteiger partial charge in [0, 0.05) is 20.1 Å². The molecular weight excluding hydrogens is 501 g/mol. The number of hydrogen-bond acceptors (Lipinski definition) is 5. The van der Waals surface area contributed by atoms with Gasteiger partial charge in [-0.1, -0.05) is 0 Å². The maximum absolute atomic E-state index is 13.6. The van der Waals surface area contributed by atoms with Crippen molar-refractivity contribution in [2.45, 2.75) is 24.7 Å². The zero-order valence-corrected chi connectivity index (χ0v) is 17.1. The molecule has 2 N–H and O–H groups in total. The quantitative estimate of drug-likeness (QED) is 0.587. The Kier molecular flexibility index (Phi) is 5.87. The first kappa shape index (κ1) is 20.2. The Bertz CT molecular complexity index is 837. The summed E-state index contributed by atoms with van der Waals surface area (Å²) in [6.45, 7) is 0.485. The van der Waals surface area contributed by atoms with E-state index in [1.807, 2.05) is 0 Å². The third-order valence-corrected chi connectivity index (χ3v) is 5.22. The van der Waals surface area contributed by atoms with Gasteiger partial charge in [-0.05, 0) is 44.0 Å². The molecule has 2 unspecified atom stereocenters. The van der Waals surface area contributed by atoms with Crippen molar-refractivity contribution >= 4 is 43.6 Å². The van der Waals surface area contributed by atoms with Crippen LogP contribution in [0.1, 0.15) is 34.8 Å². The number of carbonyl (C=O) groups excluding carboxylic acids is 1. The number of hydrogen-bond donors (Lipinski definition) is 2. The number of nitrogens with zero attached hydrogens (tertiary/aromatic N) is 2. The SMILES string of the molecule is COCCNC(=O)c1nn2c(c1Br)NC(c1ccc(Br)o1)CC2C(F)(F)F. The van der Waals surface area contributed by atoms with E-state index in [4.69, 9.17) is 9.15 Å². The molecular formula is C15H15Br2F3N4O3. The molecule has 0 saturated carbocycles. The summed E-state index contributed by atoms with van der Waals surface area (Å²) < 4.78 is 52.5. The second-order valence-corrected chi connectivity index (χ2v) is 7.41. The number of halogens is 5. The molecule has 148 valence electrons. The van der Waals surface area contributed by atoms with Crippen LogP contribution < -0.4 is 10.6 Å². The number of aromatic nitrogens is 2. The van der Waals surface area contributed by atoms with E-state index in [2.05, 4.69) is 47.6 Å². The number of carbonyl (C=O) groups is 1. The number of furan rings is 1. The molecule has 2 aromatic rings. The van der Waals surface area contributed by atoms with E-state index >= 15 is 0 Å². The maximum Gasteiger partial charge on any atom is 0.410 e. The first-order valence-corrected chi connectivity index (χ1v) is 9.44. The summed E-state index contributed by atoms with van der Waals surface area (Å²) in [4.78, 5) is 12.3. The van der Waals surface area contributed by atoms with Crippen LogP contribution in [-0.2, 0) is 4.74 Å². The molecule has 12 heteroatoms. The van der Waals surface area contributed by atoms with E-state index in [1.165, 1.54) is 7.11 Å². The molecule has 0 bridgehead atoms. The lowest BCUT2D eigenvalue weighted by atomic mass is 10.0. The van der Waals surface area contributed by atoms with Crippen molar-refractivity contribution in [1.82, 2.24) is 15.1 Å². The highest BCUT2D eigenvalue weighted by atomic mass is 79.9. The minimum absolute atomic E-state index is 0.0676. The van der Waals surface area contributed by atoms with Gasteiger partial charge in [0.1, 0.15) is 11.6 Å². The van der Waals surface area contributed by atoms with Gasteiger partial charge >= 0.3 is 6.18 Å². The number of nitrogens with one attached hydrogen (secondary N) is 2. The summed E-state index contributed by atoms with van der Waals surface area (Å²) in [6.07, 6.45) is -4.87. The topological polar surface area (TPSA) is 81.3 Å². The Morgan fingerprint density at radius 3 is 2.81 bits per heavy atom. The van der Waals surface area contributed by atoms with Gasteiger partial charge in [-0.15, -0.1) is 0 Å². The zero-order valence-electron chi connectivity index (χ0n) is 13.9. The molecule has 1 aliphatic heterocycles. The van der Waals surface area contributed by atoms with Crippen LogP contribution in [0.5, 0.6) is 0 Å². The lowest BCUT2D eigenvalue weighted by Gasteiger charge is -2.32. The molecule has 1 amide bonds. The third kappa shape index (κ3) is 4.16. The highest BCUT2D eigenvalue weighted by Crippen LogP contribution is 2.46. The van der Waals surface area contributed by atoms with E-state index < -0.39 is 24.2 Å². The minimum atomic E-state index is -4.55. The molecule has 3 rings (SSSR count). The summed E-state index contributed by atoms with van der Waals surface area (Å²) in [7, 11) is 1.47. The summed E-state index contributed by atoms with van der Waals surface area (Å²) >= 11 is 6.35. The molecule has 2 aromatic heterocycles. The third-order valence-electron chi connectivity index (χ3n) is 4.04. The van der Waals surface area contributed by atoms with Gasteiger partial charge in [-0.3, -0.25) is 4.79 Å². The Labute approximate surface area is 168 Å². The van der Waals surface area contributed by atoms with Crippen molar-refractivity contribution in [3.63, 3.8) is 0 Å². The number of fused-ring (bicyclic) bond motifs is 1.